The largest absolute Gasteiger partial charge is 0.496 e. The van der Waals surface area contributed by atoms with E-state index in [4.69, 9.17) is 4.74 Å². The number of methoxy groups -OCH3 is 1. The van der Waals surface area contributed by atoms with Crippen molar-refractivity contribution in [1.29, 1.82) is 0 Å². The highest BCUT2D eigenvalue weighted by Crippen LogP contribution is 2.28. The second-order valence-electron chi connectivity index (χ2n) is 6.04. The molecule has 1 aliphatic rings. The molecule has 0 aromatic heterocycles. The minimum absolute atomic E-state index is 0.108. The number of nitrogens with one attached hydrogen (secondary N) is 2. The molecule has 1 aromatic carbocycles. The van der Waals surface area contributed by atoms with E-state index >= 15 is 0 Å². The van der Waals surface area contributed by atoms with Crippen LogP contribution in [0.1, 0.15) is 25.8 Å². The fourth-order valence-electron chi connectivity index (χ4n) is 2.56. The summed E-state index contributed by atoms with van der Waals surface area (Å²) in [5.41, 5.74) is 0.622. The third-order valence-corrected chi connectivity index (χ3v) is 3.84. The van der Waals surface area contributed by atoms with Gasteiger partial charge in [0, 0.05) is 18.0 Å². The van der Waals surface area contributed by atoms with Crippen LogP contribution in [0.2, 0.25) is 0 Å². The second kappa shape index (κ2) is 6.27. The molecule has 0 aliphatic carbocycles. The number of carbonyl (C=O) groups is 1. The standard InChI is InChI=1S/C16H24N2O2/c1-16(2,15(19)18-13-8-9-17-11-13)10-12-6-4-5-7-14(12)20-3/h4-7,13,17H,8-11H2,1-3H3,(H,18,19). The van der Waals surface area contributed by atoms with E-state index in [1.807, 2.05) is 38.1 Å². The molecule has 1 unspecified atom stereocenters. The number of carbonyl (C=O) groups excluding carboxylic acids is 1. The van der Waals surface area contributed by atoms with E-state index in [2.05, 4.69) is 10.6 Å². The Balaban J connectivity index is 2.03. The monoisotopic (exact) mass is 276 g/mol. The summed E-state index contributed by atoms with van der Waals surface area (Å²) in [5.74, 6) is 0.952. The van der Waals surface area contributed by atoms with E-state index in [0.717, 1.165) is 30.8 Å². The van der Waals surface area contributed by atoms with Crippen molar-refractivity contribution in [3.63, 3.8) is 0 Å². The van der Waals surface area contributed by atoms with Crippen molar-refractivity contribution < 1.29 is 9.53 Å². The lowest BCUT2D eigenvalue weighted by molar-refractivity contribution is -0.129. The lowest BCUT2D eigenvalue weighted by atomic mass is 9.84. The van der Waals surface area contributed by atoms with Crippen LogP contribution in [0.15, 0.2) is 24.3 Å². The van der Waals surface area contributed by atoms with Gasteiger partial charge in [-0.1, -0.05) is 32.0 Å². The average molecular weight is 276 g/mol. The van der Waals surface area contributed by atoms with Crippen molar-refractivity contribution in [1.82, 2.24) is 10.6 Å². The first-order valence-electron chi connectivity index (χ1n) is 7.16. The summed E-state index contributed by atoms with van der Waals surface area (Å²) < 4.78 is 5.36. The molecule has 0 radical (unpaired) electrons. The average Bonchev–Trinajstić information content (AvgIpc) is 2.92. The van der Waals surface area contributed by atoms with Gasteiger partial charge in [-0.2, -0.15) is 0 Å². The van der Waals surface area contributed by atoms with E-state index < -0.39 is 5.41 Å². The van der Waals surface area contributed by atoms with Crippen LogP contribution in [-0.2, 0) is 11.2 Å². The SMILES string of the molecule is COc1ccccc1CC(C)(C)C(=O)NC1CCNC1. The normalized spacial score (nSPS) is 18.9. The molecule has 1 aliphatic heterocycles. The first-order valence-corrected chi connectivity index (χ1v) is 7.16. The maximum atomic E-state index is 12.4. The molecule has 1 amide bonds. The highest BCUT2D eigenvalue weighted by Gasteiger charge is 2.31. The highest BCUT2D eigenvalue weighted by atomic mass is 16.5. The molecular weight excluding hydrogens is 252 g/mol. The molecule has 0 saturated carbocycles. The number of rotatable bonds is 5. The van der Waals surface area contributed by atoms with Crippen LogP contribution in [0.4, 0.5) is 0 Å². The summed E-state index contributed by atoms with van der Waals surface area (Å²) in [6.07, 6.45) is 1.68. The van der Waals surface area contributed by atoms with Gasteiger partial charge in [0.25, 0.3) is 0 Å². The molecule has 4 nitrogen and oxygen atoms in total. The molecule has 1 saturated heterocycles. The fourth-order valence-corrected chi connectivity index (χ4v) is 2.56. The van der Waals surface area contributed by atoms with Gasteiger partial charge in [-0.15, -0.1) is 0 Å². The Kier molecular flexibility index (Phi) is 4.65. The summed E-state index contributed by atoms with van der Waals surface area (Å²) in [7, 11) is 1.66. The zero-order chi connectivity index (χ0) is 14.6. The first kappa shape index (κ1) is 14.9. The lowest BCUT2D eigenvalue weighted by Crippen LogP contribution is -2.44. The maximum absolute atomic E-state index is 12.4. The van der Waals surface area contributed by atoms with E-state index in [1.54, 1.807) is 7.11 Å². The number of hydrogen-bond acceptors (Lipinski definition) is 3. The van der Waals surface area contributed by atoms with E-state index in [1.165, 1.54) is 0 Å². The number of benzene rings is 1. The van der Waals surface area contributed by atoms with Gasteiger partial charge in [0.2, 0.25) is 5.91 Å². The van der Waals surface area contributed by atoms with Gasteiger partial charge >= 0.3 is 0 Å². The number of para-hydroxylation sites is 1. The topological polar surface area (TPSA) is 50.4 Å². The zero-order valence-electron chi connectivity index (χ0n) is 12.5. The van der Waals surface area contributed by atoms with Crippen LogP contribution in [0, 0.1) is 5.41 Å². The Morgan fingerprint density at radius 2 is 2.20 bits per heavy atom. The van der Waals surface area contributed by atoms with Gasteiger partial charge in [0.05, 0.1) is 7.11 Å². The molecule has 1 aromatic rings. The van der Waals surface area contributed by atoms with Gasteiger partial charge in [-0.3, -0.25) is 4.79 Å². The maximum Gasteiger partial charge on any atom is 0.226 e. The molecule has 4 heteroatoms. The third-order valence-electron chi connectivity index (χ3n) is 3.84. The van der Waals surface area contributed by atoms with Crippen molar-refractivity contribution in [2.45, 2.75) is 32.7 Å². The second-order valence-corrected chi connectivity index (χ2v) is 6.04. The molecule has 110 valence electrons. The van der Waals surface area contributed by atoms with Crippen molar-refractivity contribution in [2.75, 3.05) is 20.2 Å². The van der Waals surface area contributed by atoms with Crippen LogP contribution in [0.25, 0.3) is 0 Å². The van der Waals surface area contributed by atoms with Crippen LogP contribution < -0.4 is 15.4 Å². The Morgan fingerprint density at radius 1 is 1.45 bits per heavy atom. The van der Waals surface area contributed by atoms with Gasteiger partial charge in [0.1, 0.15) is 5.75 Å². The highest BCUT2D eigenvalue weighted by molar-refractivity contribution is 5.82. The third kappa shape index (κ3) is 3.51. The summed E-state index contributed by atoms with van der Waals surface area (Å²) in [6.45, 7) is 5.82. The molecule has 20 heavy (non-hydrogen) atoms. The Hall–Kier alpha value is -1.55. The minimum Gasteiger partial charge on any atom is -0.496 e. The van der Waals surface area contributed by atoms with Gasteiger partial charge in [0.15, 0.2) is 0 Å². The van der Waals surface area contributed by atoms with E-state index in [-0.39, 0.29) is 11.9 Å². The van der Waals surface area contributed by atoms with Gasteiger partial charge in [-0.05, 0) is 31.0 Å². The molecule has 0 bridgehead atoms. The summed E-state index contributed by atoms with van der Waals surface area (Å²) >= 11 is 0. The fraction of sp³-hybridized carbons (Fsp3) is 0.562. The Bertz CT molecular complexity index is 465. The minimum atomic E-state index is -0.447. The van der Waals surface area contributed by atoms with Crippen molar-refractivity contribution in [3.05, 3.63) is 29.8 Å². The number of ether oxygens (including phenoxy) is 1. The zero-order valence-corrected chi connectivity index (χ0v) is 12.5. The number of amides is 1. The molecule has 2 N–H and O–H groups in total. The summed E-state index contributed by atoms with van der Waals surface area (Å²) in [4.78, 5) is 12.4. The lowest BCUT2D eigenvalue weighted by Gasteiger charge is -2.26. The Labute approximate surface area is 120 Å². The first-order chi connectivity index (χ1) is 9.53. The van der Waals surface area contributed by atoms with Crippen molar-refractivity contribution in [3.8, 4) is 5.75 Å². The summed E-state index contributed by atoms with van der Waals surface area (Å²) in [6, 6.07) is 8.14. The summed E-state index contributed by atoms with van der Waals surface area (Å²) in [5, 5.41) is 6.40. The molecule has 1 fully saturated rings. The van der Waals surface area contributed by atoms with Gasteiger partial charge in [-0.25, -0.2) is 0 Å². The van der Waals surface area contributed by atoms with Crippen molar-refractivity contribution >= 4 is 5.91 Å². The van der Waals surface area contributed by atoms with Crippen LogP contribution in [0.3, 0.4) is 0 Å². The van der Waals surface area contributed by atoms with Gasteiger partial charge < -0.3 is 15.4 Å². The van der Waals surface area contributed by atoms with E-state index in [9.17, 15) is 4.79 Å². The molecular formula is C16H24N2O2. The predicted octanol–water partition coefficient (Wildman–Crippen LogP) is 1.74. The smallest absolute Gasteiger partial charge is 0.226 e. The van der Waals surface area contributed by atoms with Crippen LogP contribution >= 0.6 is 0 Å². The molecule has 1 atom stereocenters. The van der Waals surface area contributed by atoms with Crippen LogP contribution in [0.5, 0.6) is 5.75 Å². The molecule has 1 heterocycles. The Morgan fingerprint density at radius 3 is 2.85 bits per heavy atom. The number of hydrogen-bond donors (Lipinski definition) is 2. The quantitative estimate of drug-likeness (QED) is 0.861. The van der Waals surface area contributed by atoms with E-state index in [0.29, 0.717) is 6.42 Å². The molecule has 0 spiro atoms. The molecule has 2 rings (SSSR count). The van der Waals surface area contributed by atoms with Crippen molar-refractivity contribution in [2.24, 2.45) is 5.41 Å². The predicted molar refractivity (Wildman–Crippen MR) is 79.9 cm³/mol. The van der Waals surface area contributed by atoms with Crippen LogP contribution in [-0.4, -0.2) is 32.1 Å².